The molecule has 1 saturated carbocycles. The number of hydrazine groups is 1. The topological polar surface area (TPSA) is 75.9 Å². The lowest BCUT2D eigenvalue weighted by Gasteiger charge is -2.14. The molecular formula is C12H21N5S. The molecule has 2 unspecified atom stereocenters. The Kier molecular flexibility index (Phi) is 4.66. The van der Waals surface area contributed by atoms with Crippen LogP contribution in [0.25, 0.3) is 0 Å². The molecular weight excluding hydrogens is 246 g/mol. The molecule has 0 amide bonds. The summed E-state index contributed by atoms with van der Waals surface area (Å²) in [6.07, 6.45) is 3.72. The largest absolute Gasteiger partial charge is 0.367 e. The Morgan fingerprint density at radius 2 is 2.28 bits per heavy atom. The van der Waals surface area contributed by atoms with Gasteiger partial charge in [-0.3, -0.25) is 5.43 Å². The zero-order valence-electron chi connectivity index (χ0n) is 10.9. The molecule has 2 atom stereocenters. The average Bonchev–Trinajstić information content (AvgIpc) is 2.76. The lowest BCUT2D eigenvalue weighted by Crippen LogP contribution is -2.19. The Morgan fingerprint density at radius 1 is 1.44 bits per heavy atom. The molecule has 4 N–H and O–H groups in total. The number of aryl methyl sites for hydroxylation is 1. The van der Waals surface area contributed by atoms with Crippen LogP contribution in [0.2, 0.25) is 0 Å². The number of nitrogens with two attached hydrogens (primary N) is 1. The highest BCUT2D eigenvalue weighted by atomic mass is 32.2. The normalized spacial score (nSPS) is 23.1. The van der Waals surface area contributed by atoms with Crippen molar-refractivity contribution >= 4 is 23.5 Å². The van der Waals surface area contributed by atoms with Gasteiger partial charge in [0.1, 0.15) is 5.82 Å². The molecule has 0 aliphatic heterocycles. The standard InChI is InChI=1S/C12H21N5S/c1-3-18-10-5-4-9(7-10)15-11-6-8(2)14-12(16-11)17-13/h6,9-10H,3-5,7,13H2,1-2H3,(H2,14,15,16,17). The fourth-order valence-electron chi connectivity index (χ4n) is 2.37. The highest BCUT2D eigenvalue weighted by Gasteiger charge is 2.24. The summed E-state index contributed by atoms with van der Waals surface area (Å²) in [6, 6.07) is 2.48. The number of nitrogen functional groups attached to an aromatic ring is 1. The summed E-state index contributed by atoms with van der Waals surface area (Å²) >= 11 is 2.06. The maximum Gasteiger partial charge on any atom is 0.239 e. The zero-order chi connectivity index (χ0) is 13.0. The van der Waals surface area contributed by atoms with Gasteiger partial charge >= 0.3 is 0 Å². The fourth-order valence-corrected chi connectivity index (χ4v) is 3.52. The second kappa shape index (κ2) is 6.24. The Balaban J connectivity index is 1.95. The van der Waals surface area contributed by atoms with E-state index in [1.165, 1.54) is 25.0 Å². The second-order valence-corrected chi connectivity index (χ2v) is 6.17. The molecule has 0 saturated heterocycles. The van der Waals surface area contributed by atoms with Crippen LogP contribution in [0, 0.1) is 6.92 Å². The summed E-state index contributed by atoms with van der Waals surface area (Å²) in [5, 5.41) is 4.28. The van der Waals surface area contributed by atoms with Gasteiger partial charge in [0.15, 0.2) is 0 Å². The van der Waals surface area contributed by atoms with Crippen molar-refractivity contribution in [1.82, 2.24) is 9.97 Å². The first-order chi connectivity index (χ1) is 8.71. The van der Waals surface area contributed by atoms with Gasteiger partial charge in [0.25, 0.3) is 0 Å². The first-order valence-corrected chi connectivity index (χ1v) is 7.46. The molecule has 1 aromatic rings. The summed E-state index contributed by atoms with van der Waals surface area (Å²) in [4.78, 5) is 8.50. The molecule has 0 aromatic carbocycles. The Morgan fingerprint density at radius 3 is 3.00 bits per heavy atom. The number of nitrogens with zero attached hydrogens (tertiary/aromatic N) is 2. The van der Waals surface area contributed by atoms with Gasteiger partial charge in [0, 0.05) is 23.1 Å². The quantitative estimate of drug-likeness (QED) is 0.560. The second-order valence-electron chi connectivity index (χ2n) is 4.59. The summed E-state index contributed by atoms with van der Waals surface area (Å²) < 4.78 is 0. The van der Waals surface area contributed by atoms with E-state index in [9.17, 15) is 0 Å². The van der Waals surface area contributed by atoms with E-state index >= 15 is 0 Å². The maximum absolute atomic E-state index is 5.35. The number of nitrogens with one attached hydrogen (secondary N) is 2. The number of thioether (sulfide) groups is 1. The summed E-state index contributed by atoms with van der Waals surface area (Å²) in [5.74, 6) is 7.88. The van der Waals surface area contributed by atoms with E-state index in [0.29, 0.717) is 12.0 Å². The van der Waals surface area contributed by atoms with E-state index in [-0.39, 0.29) is 0 Å². The van der Waals surface area contributed by atoms with E-state index < -0.39 is 0 Å². The van der Waals surface area contributed by atoms with Crippen LogP contribution < -0.4 is 16.6 Å². The fraction of sp³-hybridized carbons (Fsp3) is 0.667. The number of anilines is 2. The molecule has 1 fully saturated rings. The minimum atomic E-state index is 0.468. The molecule has 1 aliphatic rings. The van der Waals surface area contributed by atoms with Crippen LogP contribution in [0.5, 0.6) is 0 Å². The maximum atomic E-state index is 5.35. The highest BCUT2D eigenvalue weighted by molar-refractivity contribution is 7.99. The van der Waals surface area contributed by atoms with Crippen molar-refractivity contribution in [3.63, 3.8) is 0 Å². The highest BCUT2D eigenvalue weighted by Crippen LogP contribution is 2.31. The van der Waals surface area contributed by atoms with Gasteiger partial charge in [-0.2, -0.15) is 16.7 Å². The average molecular weight is 267 g/mol. The molecule has 0 bridgehead atoms. The van der Waals surface area contributed by atoms with Gasteiger partial charge in [-0.15, -0.1) is 0 Å². The molecule has 6 heteroatoms. The predicted molar refractivity (Wildman–Crippen MR) is 77.8 cm³/mol. The van der Waals surface area contributed by atoms with E-state index in [0.717, 1.165) is 16.8 Å². The molecule has 1 heterocycles. The first-order valence-electron chi connectivity index (χ1n) is 6.41. The molecule has 18 heavy (non-hydrogen) atoms. The van der Waals surface area contributed by atoms with Crippen molar-refractivity contribution in [2.75, 3.05) is 16.5 Å². The third kappa shape index (κ3) is 3.49. The number of aromatic nitrogens is 2. The SMILES string of the molecule is CCSC1CCC(Nc2cc(C)nc(NN)n2)C1. The van der Waals surface area contributed by atoms with Crippen molar-refractivity contribution in [3.05, 3.63) is 11.8 Å². The lowest BCUT2D eigenvalue weighted by molar-refractivity contribution is 0.751. The smallest absolute Gasteiger partial charge is 0.239 e. The number of hydrogen-bond acceptors (Lipinski definition) is 6. The molecule has 0 radical (unpaired) electrons. The molecule has 1 aromatic heterocycles. The minimum Gasteiger partial charge on any atom is -0.367 e. The van der Waals surface area contributed by atoms with Gasteiger partial charge < -0.3 is 5.32 Å². The van der Waals surface area contributed by atoms with Crippen molar-refractivity contribution in [2.24, 2.45) is 5.84 Å². The monoisotopic (exact) mass is 267 g/mol. The molecule has 0 spiro atoms. The van der Waals surface area contributed by atoms with Crippen LogP contribution in [-0.4, -0.2) is 27.0 Å². The first kappa shape index (κ1) is 13.4. The van der Waals surface area contributed by atoms with Crippen LogP contribution in [-0.2, 0) is 0 Å². The van der Waals surface area contributed by atoms with Gasteiger partial charge in [-0.05, 0) is 31.9 Å². The van der Waals surface area contributed by atoms with E-state index in [1.807, 2.05) is 13.0 Å². The van der Waals surface area contributed by atoms with Crippen LogP contribution >= 0.6 is 11.8 Å². The molecule has 1 aliphatic carbocycles. The third-order valence-electron chi connectivity index (χ3n) is 3.12. The van der Waals surface area contributed by atoms with Crippen molar-refractivity contribution in [1.29, 1.82) is 0 Å². The van der Waals surface area contributed by atoms with Crippen LogP contribution in [0.15, 0.2) is 6.07 Å². The number of rotatable bonds is 5. The Bertz CT molecular complexity index is 398. The minimum absolute atomic E-state index is 0.468. The van der Waals surface area contributed by atoms with E-state index in [1.54, 1.807) is 0 Å². The van der Waals surface area contributed by atoms with Gasteiger partial charge in [0.05, 0.1) is 0 Å². The lowest BCUT2D eigenvalue weighted by atomic mass is 10.2. The van der Waals surface area contributed by atoms with E-state index in [2.05, 4.69) is 39.4 Å². The van der Waals surface area contributed by atoms with Crippen LogP contribution in [0.4, 0.5) is 11.8 Å². The molecule has 2 rings (SSSR count). The van der Waals surface area contributed by atoms with Gasteiger partial charge in [0.2, 0.25) is 5.95 Å². The summed E-state index contributed by atoms with van der Waals surface area (Å²) in [6.45, 7) is 4.16. The molecule has 5 nitrogen and oxygen atoms in total. The van der Waals surface area contributed by atoms with E-state index in [4.69, 9.17) is 5.84 Å². The number of hydrogen-bond donors (Lipinski definition) is 3. The molecule has 100 valence electrons. The van der Waals surface area contributed by atoms with Gasteiger partial charge in [-0.25, -0.2) is 10.8 Å². The Hall–Kier alpha value is -1.01. The zero-order valence-corrected chi connectivity index (χ0v) is 11.8. The van der Waals surface area contributed by atoms with Crippen molar-refractivity contribution in [2.45, 2.75) is 44.4 Å². The van der Waals surface area contributed by atoms with Crippen molar-refractivity contribution < 1.29 is 0 Å². The van der Waals surface area contributed by atoms with Crippen LogP contribution in [0.1, 0.15) is 31.9 Å². The predicted octanol–water partition coefficient (Wildman–Crippen LogP) is 2.16. The van der Waals surface area contributed by atoms with Crippen LogP contribution in [0.3, 0.4) is 0 Å². The Labute approximate surface area is 112 Å². The van der Waals surface area contributed by atoms with Crippen molar-refractivity contribution in [3.8, 4) is 0 Å². The summed E-state index contributed by atoms with van der Waals surface area (Å²) in [5.41, 5.74) is 3.41. The summed E-state index contributed by atoms with van der Waals surface area (Å²) in [7, 11) is 0. The third-order valence-corrected chi connectivity index (χ3v) is 4.36. The van der Waals surface area contributed by atoms with Gasteiger partial charge in [-0.1, -0.05) is 6.92 Å².